The Balaban J connectivity index is 4.29. The Morgan fingerprint density at radius 2 is 0.548 bits per heavy atom. The second kappa shape index (κ2) is 59.6. The maximum Gasteiger partial charge on any atom is 0.306 e. The standard InChI is InChI=1S/C67H104O6/c1-4-7-10-13-16-18-20-22-24-26-27-28-29-30-31-32-33-34-35-36-37-38-39-41-42-44-46-48-51-54-57-60-66(69)72-63-64(62-71-65(68)59-56-53-50-15-12-9-6-3)73-67(70)61-58-55-52-49-47-45-43-40-25-23-21-19-17-14-11-8-5-2/h7-8,10-11,16-19,22-25,27-28,30-31,33-34,36-37,39,41,43,45,49,52,64H,4-6,9,12-15,20-21,26,29,32,35,38,40,42,44,46-48,50-51,53-63H2,1-3H3/b10-7-,11-8-,18-16-,19-17-,24-22-,25-23-,28-27-,31-30-,34-33-,37-36-,41-39-,45-43-,52-49-. The highest BCUT2D eigenvalue weighted by Gasteiger charge is 2.19. The van der Waals surface area contributed by atoms with Crippen molar-refractivity contribution in [2.45, 2.75) is 232 Å². The molecule has 0 radical (unpaired) electrons. The van der Waals surface area contributed by atoms with Gasteiger partial charge in [-0.1, -0.05) is 243 Å². The molecule has 1 atom stereocenters. The first-order valence-electron chi connectivity index (χ1n) is 29.0. The highest BCUT2D eigenvalue weighted by atomic mass is 16.6. The van der Waals surface area contributed by atoms with E-state index in [0.717, 1.165) is 141 Å². The van der Waals surface area contributed by atoms with Crippen molar-refractivity contribution in [1.82, 2.24) is 0 Å². The molecule has 1 unspecified atom stereocenters. The molecule has 0 aliphatic heterocycles. The van der Waals surface area contributed by atoms with Crippen LogP contribution in [0, 0.1) is 0 Å². The SMILES string of the molecule is CC/C=C\C/C=C\C/C=C\C/C=C\C/C=C\C/C=C\C/C=C\C/C=C\CCCCCCCCC(=O)OCC(COC(=O)CCCCCCCCC)OC(=O)CCC/C=C\C/C=C\C/C=C\C/C=C\C/C=C\CC. The number of ether oxygens (including phenoxy) is 3. The molecule has 73 heavy (non-hydrogen) atoms. The Kier molecular flexibility index (Phi) is 55.5. The highest BCUT2D eigenvalue weighted by Crippen LogP contribution is 2.13. The average molecular weight is 1010 g/mol. The molecule has 0 aromatic carbocycles. The quantitative estimate of drug-likeness (QED) is 0.0261. The van der Waals surface area contributed by atoms with Gasteiger partial charge < -0.3 is 14.2 Å². The third-order valence-corrected chi connectivity index (χ3v) is 11.5. The van der Waals surface area contributed by atoms with Crippen LogP contribution >= 0.6 is 0 Å². The van der Waals surface area contributed by atoms with E-state index in [1.54, 1.807) is 0 Å². The van der Waals surface area contributed by atoms with Crippen molar-refractivity contribution in [3.05, 3.63) is 158 Å². The van der Waals surface area contributed by atoms with Crippen molar-refractivity contribution in [1.29, 1.82) is 0 Å². The lowest BCUT2D eigenvalue weighted by molar-refractivity contribution is -0.167. The summed E-state index contributed by atoms with van der Waals surface area (Å²) in [6.07, 6.45) is 86.9. The largest absolute Gasteiger partial charge is 0.462 e. The van der Waals surface area contributed by atoms with Crippen LogP contribution in [0.1, 0.15) is 226 Å². The number of allylic oxidation sites excluding steroid dienone is 26. The van der Waals surface area contributed by atoms with Gasteiger partial charge in [-0.3, -0.25) is 14.4 Å². The first-order chi connectivity index (χ1) is 36.0. The maximum atomic E-state index is 12.8. The number of hydrogen-bond donors (Lipinski definition) is 0. The molecule has 0 amide bonds. The molecule has 0 aromatic heterocycles. The molecule has 0 aliphatic carbocycles. The average Bonchev–Trinajstić information content (AvgIpc) is 3.39. The van der Waals surface area contributed by atoms with E-state index in [9.17, 15) is 14.4 Å². The van der Waals surface area contributed by atoms with Crippen molar-refractivity contribution < 1.29 is 28.6 Å². The van der Waals surface area contributed by atoms with Crippen molar-refractivity contribution >= 4 is 17.9 Å². The lowest BCUT2D eigenvalue weighted by Crippen LogP contribution is -2.30. The topological polar surface area (TPSA) is 78.9 Å². The van der Waals surface area contributed by atoms with Gasteiger partial charge in [0, 0.05) is 19.3 Å². The van der Waals surface area contributed by atoms with Gasteiger partial charge in [0.1, 0.15) is 13.2 Å². The normalized spacial score (nSPS) is 13.3. The Labute approximate surface area is 448 Å². The van der Waals surface area contributed by atoms with Crippen LogP contribution in [0.3, 0.4) is 0 Å². The number of carbonyl (C=O) groups excluding carboxylic acids is 3. The van der Waals surface area contributed by atoms with Crippen LogP contribution in [0.4, 0.5) is 0 Å². The number of carbonyl (C=O) groups is 3. The Morgan fingerprint density at radius 3 is 0.877 bits per heavy atom. The van der Waals surface area contributed by atoms with Crippen LogP contribution < -0.4 is 0 Å². The molecule has 0 aromatic rings. The molecule has 0 rings (SSSR count). The molecule has 6 nitrogen and oxygen atoms in total. The molecule has 0 fully saturated rings. The monoisotopic (exact) mass is 1000 g/mol. The van der Waals surface area contributed by atoms with Gasteiger partial charge in [0.05, 0.1) is 0 Å². The van der Waals surface area contributed by atoms with Gasteiger partial charge in [-0.15, -0.1) is 0 Å². The highest BCUT2D eigenvalue weighted by molar-refractivity contribution is 5.71. The fourth-order valence-electron chi connectivity index (χ4n) is 7.26. The molecule has 0 aliphatic rings. The minimum atomic E-state index is -0.818. The molecule has 0 heterocycles. The summed E-state index contributed by atoms with van der Waals surface area (Å²) >= 11 is 0. The molecular formula is C67H104O6. The van der Waals surface area contributed by atoms with Crippen molar-refractivity contribution in [3.8, 4) is 0 Å². The van der Waals surface area contributed by atoms with Crippen LogP contribution in [0.2, 0.25) is 0 Å². The molecule has 0 saturated carbocycles. The van der Waals surface area contributed by atoms with E-state index in [0.29, 0.717) is 19.3 Å². The Morgan fingerprint density at radius 1 is 0.288 bits per heavy atom. The fraction of sp³-hybridized carbons (Fsp3) is 0.567. The zero-order valence-electron chi connectivity index (χ0n) is 46.6. The summed E-state index contributed by atoms with van der Waals surface area (Å²) in [5, 5.41) is 0. The van der Waals surface area contributed by atoms with Crippen LogP contribution in [-0.4, -0.2) is 37.2 Å². The van der Waals surface area contributed by atoms with E-state index < -0.39 is 6.10 Å². The van der Waals surface area contributed by atoms with Crippen LogP contribution in [0.25, 0.3) is 0 Å². The van der Waals surface area contributed by atoms with E-state index in [2.05, 4.69) is 179 Å². The Hall–Kier alpha value is -4.97. The molecule has 6 heteroatoms. The van der Waals surface area contributed by atoms with Crippen LogP contribution in [-0.2, 0) is 28.6 Å². The predicted molar refractivity (Wildman–Crippen MR) is 315 cm³/mol. The second-order valence-electron chi connectivity index (χ2n) is 18.4. The molecule has 0 N–H and O–H groups in total. The molecule has 0 bridgehead atoms. The summed E-state index contributed by atoms with van der Waals surface area (Å²) in [7, 11) is 0. The second-order valence-corrected chi connectivity index (χ2v) is 18.4. The first kappa shape index (κ1) is 68.0. The lowest BCUT2D eigenvalue weighted by Gasteiger charge is -2.18. The van der Waals surface area contributed by atoms with Gasteiger partial charge in [0.2, 0.25) is 0 Å². The van der Waals surface area contributed by atoms with Gasteiger partial charge in [-0.2, -0.15) is 0 Å². The number of esters is 3. The minimum Gasteiger partial charge on any atom is -0.462 e. The summed E-state index contributed by atoms with van der Waals surface area (Å²) in [5.74, 6) is -1.00. The van der Waals surface area contributed by atoms with Crippen molar-refractivity contribution in [2.24, 2.45) is 0 Å². The summed E-state index contributed by atoms with van der Waals surface area (Å²) in [6.45, 7) is 6.28. The summed E-state index contributed by atoms with van der Waals surface area (Å²) in [5.41, 5.74) is 0. The Bertz CT molecular complexity index is 1670. The zero-order chi connectivity index (χ0) is 52.9. The lowest BCUT2D eigenvalue weighted by atomic mass is 10.1. The van der Waals surface area contributed by atoms with E-state index in [-0.39, 0.29) is 37.5 Å². The third kappa shape index (κ3) is 57.8. The van der Waals surface area contributed by atoms with Gasteiger partial charge in [-0.05, 0) is 122 Å². The molecule has 0 spiro atoms. The van der Waals surface area contributed by atoms with Gasteiger partial charge >= 0.3 is 17.9 Å². The minimum absolute atomic E-state index is 0.111. The maximum absolute atomic E-state index is 12.8. The fourth-order valence-corrected chi connectivity index (χ4v) is 7.26. The van der Waals surface area contributed by atoms with E-state index in [1.807, 2.05) is 0 Å². The van der Waals surface area contributed by atoms with Gasteiger partial charge in [0.25, 0.3) is 0 Å². The third-order valence-electron chi connectivity index (χ3n) is 11.5. The van der Waals surface area contributed by atoms with E-state index in [1.165, 1.54) is 38.5 Å². The smallest absolute Gasteiger partial charge is 0.306 e. The van der Waals surface area contributed by atoms with Gasteiger partial charge in [-0.25, -0.2) is 0 Å². The van der Waals surface area contributed by atoms with Crippen molar-refractivity contribution in [3.63, 3.8) is 0 Å². The summed E-state index contributed by atoms with van der Waals surface area (Å²) < 4.78 is 16.7. The van der Waals surface area contributed by atoms with E-state index >= 15 is 0 Å². The molecule has 408 valence electrons. The zero-order valence-corrected chi connectivity index (χ0v) is 46.6. The van der Waals surface area contributed by atoms with Gasteiger partial charge in [0.15, 0.2) is 6.10 Å². The summed E-state index contributed by atoms with van der Waals surface area (Å²) in [4.78, 5) is 37.9. The number of rotatable bonds is 50. The molecular weight excluding hydrogens is 901 g/mol. The molecule has 0 saturated heterocycles. The summed E-state index contributed by atoms with van der Waals surface area (Å²) in [6, 6.07) is 0. The van der Waals surface area contributed by atoms with E-state index in [4.69, 9.17) is 14.2 Å². The van der Waals surface area contributed by atoms with Crippen molar-refractivity contribution in [2.75, 3.05) is 13.2 Å². The number of hydrogen-bond acceptors (Lipinski definition) is 6. The number of unbranched alkanes of at least 4 members (excludes halogenated alkanes) is 13. The first-order valence-corrected chi connectivity index (χ1v) is 29.0. The van der Waals surface area contributed by atoms with Crippen LogP contribution in [0.5, 0.6) is 0 Å². The predicted octanol–water partition coefficient (Wildman–Crippen LogP) is 19.8. The van der Waals surface area contributed by atoms with Crippen LogP contribution in [0.15, 0.2) is 158 Å².